The van der Waals surface area contributed by atoms with Gasteiger partial charge in [0, 0.05) is 31.8 Å². The molecule has 2 amide bonds. The van der Waals surface area contributed by atoms with Crippen molar-refractivity contribution in [2.75, 3.05) is 13.1 Å². The van der Waals surface area contributed by atoms with E-state index in [2.05, 4.69) is 0 Å². The van der Waals surface area contributed by atoms with Crippen molar-refractivity contribution in [1.29, 1.82) is 0 Å². The summed E-state index contributed by atoms with van der Waals surface area (Å²) in [6.07, 6.45) is 0. The molecule has 24 heavy (non-hydrogen) atoms. The van der Waals surface area contributed by atoms with Crippen LogP contribution in [0.1, 0.15) is 24.1 Å². The maximum atomic E-state index is 12.7. The van der Waals surface area contributed by atoms with Crippen LogP contribution in [0.25, 0.3) is 0 Å². The topological polar surface area (TPSA) is 66.7 Å². The second-order valence-corrected chi connectivity index (χ2v) is 5.91. The van der Waals surface area contributed by atoms with Crippen molar-refractivity contribution in [3.63, 3.8) is 0 Å². The normalized spacial score (nSPS) is 15.6. The average molecular weight is 325 g/mol. The van der Waals surface area contributed by atoms with Gasteiger partial charge in [0.15, 0.2) is 0 Å². The molecule has 6 heteroatoms. The van der Waals surface area contributed by atoms with Gasteiger partial charge in [-0.2, -0.15) is 0 Å². The molecule has 0 saturated carbocycles. The summed E-state index contributed by atoms with van der Waals surface area (Å²) in [5.41, 5.74) is 1.92. The number of hydrogen-bond acceptors (Lipinski definition) is 3. The molecule has 1 aliphatic heterocycles. The fraction of sp³-hybridized carbons (Fsp3) is 0.278. The molecule has 2 aromatic carbocycles. The van der Waals surface area contributed by atoms with E-state index in [0.717, 1.165) is 11.1 Å². The molecule has 0 N–H and O–H groups in total. The van der Waals surface area contributed by atoms with Crippen molar-refractivity contribution in [2.45, 2.75) is 19.5 Å². The first kappa shape index (κ1) is 16.0. The van der Waals surface area contributed by atoms with Gasteiger partial charge in [-0.25, -0.2) is 4.79 Å². The molecule has 0 spiro atoms. The Morgan fingerprint density at radius 3 is 2.58 bits per heavy atom. The quantitative estimate of drug-likeness (QED) is 0.623. The Kier molecular flexibility index (Phi) is 4.46. The number of nitro groups is 1. The van der Waals surface area contributed by atoms with Crippen LogP contribution in [0.3, 0.4) is 0 Å². The molecular formula is C18H19N3O3. The van der Waals surface area contributed by atoms with E-state index >= 15 is 0 Å². The summed E-state index contributed by atoms with van der Waals surface area (Å²) in [7, 11) is 0. The summed E-state index contributed by atoms with van der Waals surface area (Å²) in [6.45, 7) is 3.69. The number of non-ortho nitro benzene ring substituents is 1. The fourth-order valence-electron chi connectivity index (χ4n) is 3.01. The largest absolute Gasteiger partial charge is 0.320 e. The number of amides is 2. The summed E-state index contributed by atoms with van der Waals surface area (Å²) in [4.78, 5) is 26.7. The lowest BCUT2D eigenvalue weighted by molar-refractivity contribution is -0.384. The van der Waals surface area contributed by atoms with E-state index in [0.29, 0.717) is 19.6 Å². The third kappa shape index (κ3) is 3.22. The van der Waals surface area contributed by atoms with E-state index in [9.17, 15) is 14.9 Å². The second-order valence-electron chi connectivity index (χ2n) is 5.91. The zero-order chi connectivity index (χ0) is 17.1. The van der Waals surface area contributed by atoms with Crippen molar-refractivity contribution >= 4 is 11.7 Å². The highest BCUT2D eigenvalue weighted by atomic mass is 16.6. The number of hydrogen-bond donors (Lipinski definition) is 0. The molecule has 1 aliphatic rings. The number of urea groups is 1. The van der Waals surface area contributed by atoms with Gasteiger partial charge in [0.05, 0.1) is 11.0 Å². The fourth-order valence-corrected chi connectivity index (χ4v) is 3.01. The van der Waals surface area contributed by atoms with Crippen molar-refractivity contribution in [2.24, 2.45) is 0 Å². The van der Waals surface area contributed by atoms with Gasteiger partial charge < -0.3 is 9.80 Å². The highest BCUT2D eigenvalue weighted by Crippen LogP contribution is 2.26. The molecule has 1 atom stereocenters. The van der Waals surface area contributed by atoms with E-state index in [-0.39, 0.29) is 17.8 Å². The molecule has 0 unspecified atom stereocenters. The van der Waals surface area contributed by atoms with Gasteiger partial charge in [-0.05, 0) is 18.1 Å². The molecule has 0 aliphatic carbocycles. The number of carbonyl (C=O) groups is 1. The predicted octanol–water partition coefficient (Wildman–Crippen LogP) is 3.59. The zero-order valence-electron chi connectivity index (χ0n) is 13.5. The van der Waals surface area contributed by atoms with Gasteiger partial charge >= 0.3 is 6.03 Å². The first-order chi connectivity index (χ1) is 11.6. The van der Waals surface area contributed by atoms with Crippen LogP contribution in [-0.2, 0) is 6.54 Å². The average Bonchev–Trinajstić information content (AvgIpc) is 2.96. The van der Waals surface area contributed by atoms with E-state index in [1.165, 1.54) is 12.1 Å². The maximum Gasteiger partial charge on any atom is 0.320 e. The van der Waals surface area contributed by atoms with E-state index < -0.39 is 4.92 Å². The van der Waals surface area contributed by atoms with Crippen LogP contribution in [0.4, 0.5) is 10.5 Å². The maximum absolute atomic E-state index is 12.7. The SMILES string of the molecule is C[C@@H](c1ccccc1)N1CCN(Cc2cccc([N+](=O)[O-])c2)C1=O. The van der Waals surface area contributed by atoms with Gasteiger partial charge in [0.2, 0.25) is 0 Å². The molecule has 3 rings (SSSR count). The van der Waals surface area contributed by atoms with Gasteiger partial charge in [0.1, 0.15) is 0 Å². The van der Waals surface area contributed by atoms with Crippen molar-refractivity contribution in [3.05, 3.63) is 75.8 Å². The van der Waals surface area contributed by atoms with Crippen LogP contribution < -0.4 is 0 Å². The molecule has 1 saturated heterocycles. The minimum Gasteiger partial charge on any atom is -0.319 e. The molecule has 0 radical (unpaired) electrons. The Labute approximate surface area is 140 Å². The molecule has 1 fully saturated rings. The highest BCUT2D eigenvalue weighted by Gasteiger charge is 2.32. The second kappa shape index (κ2) is 6.70. The Bertz CT molecular complexity index is 748. The van der Waals surface area contributed by atoms with Gasteiger partial charge in [-0.15, -0.1) is 0 Å². The summed E-state index contributed by atoms with van der Waals surface area (Å²) >= 11 is 0. The van der Waals surface area contributed by atoms with E-state index in [1.54, 1.807) is 11.0 Å². The van der Waals surface area contributed by atoms with Crippen LogP contribution in [-0.4, -0.2) is 33.8 Å². The minimum absolute atomic E-state index is 0.00816. The van der Waals surface area contributed by atoms with Crippen LogP contribution in [0.5, 0.6) is 0 Å². The third-order valence-electron chi connectivity index (χ3n) is 4.37. The van der Waals surface area contributed by atoms with Crippen LogP contribution in [0, 0.1) is 10.1 Å². The van der Waals surface area contributed by atoms with Crippen LogP contribution in [0.2, 0.25) is 0 Å². The Morgan fingerprint density at radius 2 is 1.88 bits per heavy atom. The lowest BCUT2D eigenvalue weighted by Crippen LogP contribution is -2.33. The molecule has 1 heterocycles. The summed E-state index contributed by atoms with van der Waals surface area (Å²) in [5.74, 6) is 0. The highest BCUT2D eigenvalue weighted by molar-refractivity contribution is 5.77. The van der Waals surface area contributed by atoms with E-state index in [1.807, 2.05) is 48.2 Å². The Hall–Kier alpha value is -2.89. The number of benzene rings is 2. The molecule has 2 aromatic rings. The van der Waals surface area contributed by atoms with Crippen LogP contribution in [0.15, 0.2) is 54.6 Å². The summed E-state index contributed by atoms with van der Waals surface area (Å²) in [6, 6.07) is 16.3. The Morgan fingerprint density at radius 1 is 1.12 bits per heavy atom. The molecule has 0 aromatic heterocycles. The minimum atomic E-state index is -0.418. The first-order valence-electron chi connectivity index (χ1n) is 7.90. The van der Waals surface area contributed by atoms with Gasteiger partial charge in [-0.3, -0.25) is 10.1 Å². The molecule has 124 valence electrons. The summed E-state index contributed by atoms with van der Waals surface area (Å²) < 4.78 is 0. The molecule has 0 bridgehead atoms. The van der Waals surface area contributed by atoms with Gasteiger partial charge in [-0.1, -0.05) is 42.5 Å². The molecule has 6 nitrogen and oxygen atoms in total. The number of rotatable bonds is 5. The number of nitrogens with zero attached hydrogens (tertiary/aromatic N) is 3. The number of carbonyl (C=O) groups excluding carboxylic acids is 1. The smallest absolute Gasteiger partial charge is 0.319 e. The van der Waals surface area contributed by atoms with Crippen molar-refractivity contribution in [1.82, 2.24) is 9.80 Å². The summed E-state index contributed by atoms with van der Waals surface area (Å²) in [5, 5.41) is 10.9. The van der Waals surface area contributed by atoms with E-state index in [4.69, 9.17) is 0 Å². The lowest BCUT2D eigenvalue weighted by atomic mass is 10.1. The van der Waals surface area contributed by atoms with Crippen molar-refractivity contribution in [3.8, 4) is 0 Å². The monoisotopic (exact) mass is 325 g/mol. The van der Waals surface area contributed by atoms with Crippen LogP contribution >= 0.6 is 0 Å². The lowest BCUT2D eigenvalue weighted by Gasteiger charge is -2.25. The number of nitro benzene ring substituents is 1. The third-order valence-corrected chi connectivity index (χ3v) is 4.37. The molecular weight excluding hydrogens is 306 g/mol. The van der Waals surface area contributed by atoms with Crippen molar-refractivity contribution < 1.29 is 9.72 Å². The Balaban J connectivity index is 1.70. The standard InChI is InChI=1S/C18H19N3O3/c1-14(16-7-3-2-4-8-16)20-11-10-19(18(20)22)13-15-6-5-9-17(12-15)21(23)24/h2-9,12,14H,10-11,13H2,1H3/t14-/m0/s1. The zero-order valence-corrected chi connectivity index (χ0v) is 13.5. The predicted molar refractivity (Wildman–Crippen MR) is 90.5 cm³/mol. The van der Waals surface area contributed by atoms with Gasteiger partial charge in [0.25, 0.3) is 5.69 Å². The first-order valence-corrected chi connectivity index (χ1v) is 7.90.